The van der Waals surface area contributed by atoms with Gasteiger partial charge in [0.2, 0.25) is 11.8 Å². The van der Waals surface area contributed by atoms with Crippen LogP contribution in [-0.4, -0.2) is 62.4 Å². The molecule has 1 aliphatic rings. The molecular weight excluding hydrogens is 560 g/mol. The van der Waals surface area contributed by atoms with Gasteiger partial charge in [-0.25, -0.2) is 5.01 Å². The summed E-state index contributed by atoms with van der Waals surface area (Å²) >= 11 is 0. The first-order valence-electron chi connectivity index (χ1n) is 15.4. The lowest BCUT2D eigenvalue weighted by atomic mass is 9.98. The number of aromatic nitrogens is 2. The van der Waals surface area contributed by atoms with Crippen LogP contribution in [0.5, 0.6) is 0 Å². The van der Waals surface area contributed by atoms with Crippen LogP contribution in [0.3, 0.4) is 0 Å². The molecule has 5 aromatic rings. The molecule has 228 valence electrons. The number of hydrogen-bond donors (Lipinski definition) is 2. The molecule has 0 spiro atoms. The summed E-state index contributed by atoms with van der Waals surface area (Å²) in [6, 6.07) is 24.0. The van der Waals surface area contributed by atoms with E-state index >= 15 is 0 Å². The first-order valence-corrected chi connectivity index (χ1v) is 15.4. The summed E-state index contributed by atoms with van der Waals surface area (Å²) in [5.41, 5.74) is 8.29. The predicted octanol–water partition coefficient (Wildman–Crippen LogP) is 6.34. The van der Waals surface area contributed by atoms with Crippen LogP contribution < -0.4 is 0 Å². The van der Waals surface area contributed by atoms with Gasteiger partial charge in [-0.2, -0.15) is 5.26 Å². The number of amides is 2. The monoisotopic (exact) mass is 598 g/mol. The van der Waals surface area contributed by atoms with Gasteiger partial charge in [-0.05, 0) is 66.3 Å². The maximum Gasteiger partial charge on any atom is 0.234 e. The molecule has 8 heteroatoms. The molecule has 45 heavy (non-hydrogen) atoms. The number of hydrazine groups is 1. The maximum atomic E-state index is 13.5. The van der Waals surface area contributed by atoms with Crippen molar-refractivity contribution in [2.75, 3.05) is 19.6 Å². The molecular formula is C37H38N6O2. The molecule has 2 N–H and O–H groups in total. The van der Waals surface area contributed by atoms with E-state index in [1.165, 1.54) is 5.57 Å². The van der Waals surface area contributed by atoms with Gasteiger partial charge in [-0.15, -0.1) is 0 Å². The van der Waals surface area contributed by atoms with Crippen LogP contribution in [0.1, 0.15) is 48.1 Å². The molecule has 8 nitrogen and oxygen atoms in total. The summed E-state index contributed by atoms with van der Waals surface area (Å²) < 4.78 is 0. The molecule has 3 heterocycles. The number of rotatable bonds is 9. The second kappa shape index (κ2) is 12.8. The topological polar surface area (TPSA) is 99.2 Å². The fourth-order valence-corrected chi connectivity index (χ4v) is 6.58. The molecule has 6 rings (SSSR count). The number of benzene rings is 3. The van der Waals surface area contributed by atoms with Crippen LogP contribution in [0, 0.1) is 18.3 Å². The summed E-state index contributed by atoms with van der Waals surface area (Å²) in [6.07, 6.45) is 7.54. The van der Waals surface area contributed by atoms with Crippen molar-refractivity contribution in [1.29, 1.82) is 5.26 Å². The third kappa shape index (κ3) is 6.26. The summed E-state index contributed by atoms with van der Waals surface area (Å²) in [5, 5.41) is 15.6. The number of H-pyrrole nitrogens is 2. The average molecular weight is 599 g/mol. The van der Waals surface area contributed by atoms with Gasteiger partial charge in [0.05, 0.1) is 17.7 Å². The smallest absolute Gasteiger partial charge is 0.234 e. The quantitative estimate of drug-likeness (QED) is 0.207. The molecule has 0 radical (unpaired) electrons. The van der Waals surface area contributed by atoms with E-state index in [9.17, 15) is 14.9 Å². The van der Waals surface area contributed by atoms with Crippen molar-refractivity contribution in [1.82, 2.24) is 24.9 Å². The fourth-order valence-electron chi connectivity index (χ4n) is 6.58. The van der Waals surface area contributed by atoms with E-state index < -0.39 is 0 Å². The number of nitrogens with one attached hydrogen (secondary N) is 2. The standard InChI is InChI=1S/C37H38N6O2/c1-25-8-4-5-9-30(25)23-41(26(2)44)24-32(19-31-21-39-36-11-7-6-10-33(31)36)43(27(3)45)42-16-14-29(15-17-42)35-22-40-37-13-12-28(20-38)18-34(35)37/h4-14,18,21-22,32,39-40H,15-17,19,23-24H2,1-3H3/t32-/m1/s1. The maximum absolute atomic E-state index is 13.5. The number of fused-ring (bicyclic) bond motifs is 2. The molecule has 0 saturated heterocycles. The Morgan fingerprint density at radius 3 is 2.42 bits per heavy atom. The van der Waals surface area contributed by atoms with Crippen LogP contribution in [0.4, 0.5) is 0 Å². The second-order valence-electron chi connectivity index (χ2n) is 11.9. The van der Waals surface area contributed by atoms with Crippen LogP contribution in [0.2, 0.25) is 0 Å². The van der Waals surface area contributed by atoms with E-state index in [1.54, 1.807) is 13.8 Å². The zero-order chi connectivity index (χ0) is 31.5. The Morgan fingerprint density at radius 2 is 1.69 bits per heavy atom. The molecule has 0 saturated carbocycles. The molecule has 0 bridgehead atoms. The number of aryl methyl sites for hydroxylation is 1. The van der Waals surface area contributed by atoms with Crippen molar-refractivity contribution in [3.05, 3.63) is 113 Å². The lowest BCUT2D eigenvalue weighted by Crippen LogP contribution is -2.57. The van der Waals surface area contributed by atoms with E-state index in [2.05, 4.69) is 58.3 Å². The van der Waals surface area contributed by atoms with Gasteiger partial charge in [0.25, 0.3) is 0 Å². The van der Waals surface area contributed by atoms with Gasteiger partial charge in [0, 0.05) is 79.8 Å². The average Bonchev–Trinajstić information content (AvgIpc) is 3.65. The number of para-hydroxylation sites is 1. The Labute approximate surface area is 263 Å². The summed E-state index contributed by atoms with van der Waals surface area (Å²) in [6.45, 7) is 7.37. The number of nitriles is 1. The highest BCUT2D eigenvalue weighted by Crippen LogP contribution is 2.31. The Kier molecular flexibility index (Phi) is 8.54. The largest absolute Gasteiger partial charge is 0.361 e. The highest BCUT2D eigenvalue weighted by molar-refractivity contribution is 5.93. The van der Waals surface area contributed by atoms with E-state index in [0.29, 0.717) is 38.2 Å². The van der Waals surface area contributed by atoms with E-state index in [4.69, 9.17) is 0 Å². The molecule has 3 aromatic carbocycles. The lowest BCUT2D eigenvalue weighted by molar-refractivity contribution is -0.155. The van der Waals surface area contributed by atoms with Crippen LogP contribution >= 0.6 is 0 Å². The van der Waals surface area contributed by atoms with Crippen LogP contribution in [0.15, 0.2) is 85.2 Å². The molecule has 2 amide bonds. The summed E-state index contributed by atoms with van der Waals surface area (Å²) in [5.74, 6) is -0.0792. The van der Waals surface area contributed by atoms with Gasteiger partial charge in [0.1, 0.15) is 0 Å². The lowest BCUT2D eigenvalue weighted by Gasteiger charge is -2.43. The zero-order valence-corrected chi connectivity index (χ0v) is 26.0. The minimum atomic E-state index is -0.282. The summed E-state index contributed by atoms with van der Waals surface area (Å²) in [4.78, 5) is 35.2. The number of carbonyl (C=O) groups is 2. The van der Waals surface area contributed by atoms with Gasteiger partial charge in [0.15, 0.2) is 0 Å². The third-order valence-corrected chi connectivity index (χ3v) is 8.95. The highest BCUT2D eigenvalue weighted by atomic mass is 16.2. The normalized spacial score (nSPS) is 14.2. The number of carbonyl (C=O) groups excluding carboxylic acids is 2. The SMILES string of the molecule is CC(=O)N(Cc1ccccc1C)C[C@@H](Cc1c[nH]c2ccccc12)N(C(C)=O)N1CC=C(c2c[nH]c3ccc(C#N)cc23)CC1. The minimum absolute atomic E-state index is 0.0254. The fraction of sp³-hybridized carbons (Fsp3) is 0.270. The second-order valence-corrected chi connectivity index (χ2v) is 11.9. The molecule has 1 atom stereocenters. The third-order valence-electron chi connectivity index (χ3n) is 8.95. The molecule has 1 aliphatic heterocycles. The van der Waals surface area contributed by atoms with E-state index in [0.717, 1.165) is 50.5 Å². The van der Waals surface area contributed by atoms with Crippen molar-refractivity contribution in [3.8, 4) is 6.07 Å². The van der Waals surface area contributed by atoms with Crippen molar-refractivity contribution in [3.63, 3.8) is 0 Å². The van der Waals surface area contributed by atoms with Gasteiger partial charge in [-0.1, -0.05) is 48.5 Å². The Balaban J connectivity index is 1.32. The summed E-state index contributed by atoms with van der Waals surface area (Å²) in [7, 11) is 0. The van der Waals surface area contributed by atoms with Gasteiger partial charge in [-0.3, -0.25) is 14.6 Å². The number of hydrogen-bond acceptors (Lipinski definition) is 4. The molecule has 2 aromatic heterocycles. The molecule has 0 aliphatic carbocycles. The Morgan fingerprint density at radius 1 is 0.933 bits per heavy atom. The van der Waals surface area contributed by atoms with Gasteiger partial charge >= 0.3 is 0 Å². The van der Waals surface area contributed by atoms with E-state index in [1.807, 2.05) is 64.8 Å². The highest BCUT2D eigenvalue weighted by Gasteiger charge is 2.32. The predicted molar refractivity (Wildman–Crippen MR) is 178 cm³/mol. The van der Waals surface area contributed by atoms with Crippen LogP contribution in [-0.2, 0) is 22.6 Å². The first-order chi connectivity index (χ1) is 21.8. The Hall–Kier alpha value is -5.13. The number of aromatic amines is 2. The van der Waals surface area contributed by atoms with E-state index in [-0.39, 0.29) is 17.9 Å². The number of nitrogens with zero attached hydrogens (tertiary/aromatic N) is 4. The zero-order valence-electron chi connectivity index (χ0n) is 26.0. The first kappa shape index (κ1) is 29.9. The van der Waals surface area contributed by atoms with Crippen molar-refractivity contribution in [2.24, 2.45) is 0 Å². The van der Waals surface area contributed by atoms with Crippen molar-refractivity contribution < 1.29 is 9.59 Å². The Bertz CT molecular complexity index is 1940. The van der Waals surface area contributed by atoms with Crippen LogP contribution in [0.25, 0.3) is 27.4 Å². The minimum Gasteiger partial charge on any atom is -0.361 e. The molecule has 0 fully saturated rings. The van der Waals surface area contributed by atoms with Crippen molar-refractivity contribution in [2.45, 2.75) is 46.2 Å². The molecule has 0 unspecified atom stereocenters. The van der Waals surface area contributed by atoms with Crippen molar-refractivity contribution >= 4 is 39.2 Å². The van der Waals surface area contributed by atoms with Gasteiger partial charge < -0.3 is 14.9 Å².